The summed E-state index contributed by atoms with van der Waals surface area (Å²) in [6.07, 6.45) is -6.94. The Bertz CT molecular complexity index is 295. The molecule has 15 heavy (non-hydrogen) atoms. The molecule has 8 heteroatoms. The lowest BCUT2D eigenvalue weighted by Crippen LogP contribution is -2.66. The lowest BCUT2D eigenvalue weighted by atomic mass is 9.74. The highest BCUT2D eigenvalue weighted by atomic mass is 19.4. The number of aliphatic hydroxyl groups is 1. The molecule has 0 aromatic carbocycles. The first-order valence-electron chi connectivity index (χ1n) is 3.98. The van der Waals surface area contributed by atoms with Gasteiger partial charge in [-0.25, -0.2) is 4.79 Å². The van der Waals surface area contributed by atoms with Gasteiger partial charge in [0.15, 0.2) is 0 Å². The second-order valence-corrected chi connectivity index (χ2v) is 3.40. The highest BCUT2D eigenvalue weighted by Crippen LogP contribution is 2.33. The van der Waals surface area contributed by atoms with Gasteiger partial charge in [0.05, 0.1) is 6.10 Å². The average molecular weight is 227 g/mol. The lowest BCUT2D eigenvalue weighted by Gasteiger charge is -2.42. The van der Waals surface area contributed by atoms with Crippen LogP contribution < -0.4 is 5.32 Å². The Balaban J connectivity index is 2.70. The van der Waals surface area contributed by atoms with Gasteiger partial charge in [-0.3, -0.25) is 4.79 Å². The number of halogens is 3. The van der Waals surface area contributed by atoms with E-state index in [-0.39, 0.29) is 0 Å². The molecule has 1 aliphatic carbocycles. The van der Waals surface area contributed by atoms with Gasteiger partial charge in [-0.15, -0.1) is 0 Å². The minimum Gasteiger partial charge on any atom is -0.480 e. The number of rotatable bonds is 2. The number of carbonyl (C=O) groups excluding carboxylic acids is 1. The van der Waals surface area contributed by atoms with E-state index >= 15 is 0 Å². The van der Waals surface area contributed by atoms with E-state index < -0.39 is 42.5 Å². The van der Waals surface area contributed by atoms with Crippen LogP contribution in [-0.4, -0.2) is 39.9 Å². The van der Waals surface area contributed by atoms with E-state index in [1.807, 2.05) is 0 Å². The van der Waals surface area contributed by atoms with E-state index in [9.17, 15) is 22.8 Å². The van der Waals surface area contributed by atoms with Crippen LogP contribution in [0.15, 0.2) is 0 Å². The van der Waals surface area contributed by atoms with Crippen LogP contribution in [0.3, 0.4) is 0 Å². The van der Waals surface area contributed by atoms with Gasteiger partial charge in [0.25, 0.3) is 0 Å². The maximum atomic E-state index is 11.8. The van der Waals surface area contributed by atoms with E-state index in [2.05, 4.69) is 0 Å². The van der Waals surface area contributed by atoms with Crippen molar-refractivity contribution in [2.24, 2.45) is 0 Å². The van der Waals surface area contributed by atoms with Gasteiger partial charge in [0, 0.05) is 12.8 Å². The molecule has 1 rings (SSSR count). The highest BCUT2D eigenvalue weighted by Gasteiger charge is 2.54. The highest BCUT2D eigenvalue weighted by molar-refractivity contribution is 5.90. The summed E-state index contributed by atoms with van der Waals surface area (Å²) < 4.78 is 35.5. The number of alkyl halides is 3. The zero-order valence-electron chi connectivity index (χ0n) is 7.34. The molecule has 3 N–H and O–H groups in total. The first-order valence-corrected chi connectivity index (χ1v) is 3.98. The Hall–Kier alpha value is -1.31. The number of carboxylic acid groups (broad SMARTS) is 1. The fourth-order valence-corrected chi connectivity index (χ4v) is 1.36. The van der Waals surface area contributed by atoms with Crippen LogP contribution in [0.5, 0.6) is 0 Å². The van der Waals surface area contributed by atoms with Crippen LogP contribution in [0, 0.1) is 0 Å². The molecule has 0 aliphatic heterocycles. The third-order valence-corrected chi connectivity index (χ3v) is 2.19. The number of nitrogens with one attached hydrogen (secondary N) is 1. The second kappa shape index (κ2) is 3.37. The molecule has 0 heterocycles. The van der Waals surface area contributed by atoms with Gasteiger partial charge >= 0.3 is 18.1 Å². The number of hydrogen-bond donors (Lipinski definition) is 3. The van der Waals surface area contributed by atoms with Crippen molar-refractivity contribution in [2.75, 3.05) is 0 Å². The Morgan fingerprint density at radius 1 is 1.33 bits per heavy atom. The van der Waals surface area contributed by atoms with Crippen molar-refractivity contribution in [1.29, 1.82) is 0 Å². The number of hydrogen-bond acceptors (Lipinski definition) is 3. The van der Waals surface area contributed by atoms with Crippen molar-refractivity contribution in [3.8, 4) is 0 Å². The molecule has 1 saturated carbocycles. The zero-order chi connectivity index (χ0) is 11.9. The van der Waals surface area contributed by atoms with Crippen molar-refractivity contribution in [1.82, 2.24) is 5.32 Å². The first kappa shape index (κ1) is 11.8. The molecule has 1 fully saturated rings. The van der Waals surface area contributed by atoms with Gasteiger partial charge in [0.2, 0.25) is 0 Å². The van der Waals surface area contributed by atoms with Gasteiger partial charge < -0.3 is 15.5 Å². The van der Waals surface area contributed by atoms with Crippen molar-refractivity contribution >= 4 is 11.9 Å². The van der Waals surface area contributed by atoms with Crippen LogP contribution >= 0.6 is 0 Å². The van der Waals surface area contributed by atoms with E-state index in [4.69, 9.17) is 10.2 Å². The molecule has 86 valence electrons. The maximum Gasteiger partial charge on any atom is 0.471 e. The van der Waals surface area contributed by atoms with E-state index in [0.717, 1.165) is 0 Å². The molecule has 0 aromatic heterocycles. The predicted octanol–water partition coefficient (Wildman–Crippen LogP) is -0.357. The molecule has 0 atom stereocenters. The molecule has 0 unspecified atom stereocenters. The smallest absolute Gasteiger partial charge is 0.471 e. The molecule has 1 aliphatic rings. The minimum absolute atomic E-state index is 0.413. The molecule has 0 saturated heterocycles. The van der Waals surface area contributed by atoms with Gasteiger partial charge in [-0.2, -0.15) is 13.2 Å². The third-order valence-electron chi connectivity index (χ3n) is 2.19. The Kier molecular flexibility index (Phi) is 2.64. The molecular formula is C7H8F3NO4. The summed E-state index contributed by atoms with van der Waals surface area (Å²) in [7, 11) is 0. The average Bonchev–Trinajstić information content (AvgIpc) is 1.98. The summed E-state index contributed by atoms with van der Waals surface area (Å²) in [5.41, 5.74) is -1.98. The standard InChI is InChI=1S/C7H8F3NO4/c8-7(9,10)4(13)11-6(5(14)15)1-3(12)2-6/h3,12H,1-2H2,(H,11,13)(H,14,15). The summed E-state index contributed by atoms with van der Waals surface area (Å²) in [6.45, 7) is 0. The first-order chi connectivity index (χ1) is 6.67. The Labute approximate surface area is 81.9 Å². The van der Waals surface area contributed by atoms with Crippen molar-refractivity contribution in [3.05, 3.63) is 0 Å². The number of amides is 1. The molecular weight excluding hydrogens is 219 g/mol. The minimum atomic E-state index is -5.12. The predicted molar refractivity (Wildman–Crippen MR) is 39.8 cm³/mol. The lowest BCUT2D eigenvalue weighted by molar-refractivity contribution is -0.182. The molecule has 1 amide bonds. The Morgan fingerprint density at radius 3 is 2.07 bits per heavy atom. The summed E-state index contributed by atoms with van der Waals surface area (Å²) >= 11 is 0. The normalized spacial score (nSPS) is 30.5. The number of aliphatic hydroxyl groups excluding tert-OH is 1. The third kappa shape index (κ3) is 2.20. The zero-order valence-corrected chi connectivity index (χ0v) is 7.34. The molecule has 5 nitrogen and oxygen atoms in total. The Morgan fingerprint density at radius 2 is 1.80 bits per heavy atom. The molecule has 0 bridgehead atoms. The topological polar surface area (TPSA) is 86.6 Å². The maximum absolute atomic E-state index is 11.8. The van der Waals surface area contributed by atoms with Crippen LogP contribution in [0.25, 0.3) is 0 Å². The quantitative estimate of drug-likeness (QED) is 0.601. The van der Waals surface area contributed by atoms with E-state index in [0.29, 0.717) is 0 Å². The van der Waals surface area contributed by atoms with Gasteiger partial charge in [-0.05, 0) is 0 Å². The van der Waals surface area contributed by atoms with E-state index in [1.54, 1.807) is 0 Å². The molecule has 0 spiro atoms. The van der Waals surface area contributed by atoms with Crippen molar-refractivity contribution in [2.45, 2.75) is 30.7 Å². The fourth-order valence-electron chi connectivity index (χ4n) is 1.36. The molecule has 0 aromatic rings. The summed E-state index contributed by atoms with van der Waals surface area (Å²) in [4.78, 5) is 21.1. The number of carboxylic acids is 1. The number of aliphatic carboxylic acids is 1. The summed E-state index contributed by atoms with van der Waals surface area (Å²) in [5, 5.41) is 18.9. The molecule has 0 radical (unpaired) electrons. The SMILES string of the molecule is O=C(NC1(C(=O)O)CC(O)C1)C(F)(F)F. The van der Waals surface area contributed by atoms with Crippen LogP contribution in [0.4, 0.5) is 13.2 Å². The fraction of sp³-hybridized carbons (Fsp3) is 0.714. The van der Waals surface area contributed by atoms with Crippen molar-refractivity contribution in [3.63, 3.8) is 0 Å². The summed E-state index contributed by atoms with van der Waals surface area (Å²) in [5.74, 6) is -3.89. The van der Waals surface area contributed by atoms with E-state index in [1.165, 1.54) is 5.32 Å². The van der Waals surface area contributed by atoms with Gasteiger partial charge in [-0.1, -0.05) is 0 Å². The summed E-state index contributed by atoms with van der Waals surface area (Å²) in [6, 6.07) is 0. The van der Waals surface area contributed by atoms with Crippen LogP contribution in [-0.2, 0) is 9.59 Å². The van der Waals surface area contributed by atoms with Crippen LogP contribution in [0.2, 0.25) is 0 Å². The largest absolute Gasteiger partial charge is 0.480 e. The van der Waals surface area contributed by atoms with Gasteiger partial charge in [0.1, 0.15) is 5.54 Å². The van der Waals surface area contributed by atoms with Crippen molar-refractivity contribution < 1.29 is 33.0 Å². The number of carbonyl (C=O) groups is 2. The monoisotopic (exact) mass is 227 g/mol. The van der Waals surface area contributed by atoms with Crippen LogP contribution in [0.1, 0.15) is 12.8 Å². The second-order valence-electron chi connectivity index (χ2n) is 3.40.